The molecule has 110 valence electrons. The van der Waals surface area contributed by atoms with E-state index in [0.717, 1.165) is 23.9 Å². The van der Waals surface area contributed by atoms with Crippen LogP contribution in [0.5, 0.6) is 0 Å². The number of hydrogen-bond acceptors (Lipinski definition) is 3. The van der Waals surface area contributed by atoms with Crippen molar-refractivity contribution in [3.63, 3.8) is 0 Å². The number of hydrogen-bond donors (Lipinski definition) is 0. The Kier molecular flexibility index (Phi) is 4.68. The van der Waals surface area contributed by atoms with Crippen LogP contribution in [0.4, 0.5) is 4.79 Å². The van der Waals surface area contributed by atoms with Crippen LogP contribution in [0.3, 0.4) is 0 Å². The fourth-order valence-electron chi connectivity index (χ4n) is 2.39. The van der Waals surface area contributed by atoms with Gasteiger partial charge in [0.05, 0.1) is 0 Å². The minimum Gasteiger partial charge on any atom is -0.444 e. The fraction of sp³-hybridized carbons (Fsp3) is 0.600. The number of carbonyl (C=O) groups is 1. The predicted molar refractivity (Wildman–Crippen MR) is 81.7 cm³/mol. The number of aromatic nitrogens is 1. The molecule has 20 heavy (non-hydrogen) atoms. The van der Waals surface area contributed by atoms with Crippen LogP contribution < -0.4 is 0 Å². The summed E-state index contributed by atoms with van der Waals surface area (Å²) in [5.41, 5.74) is 0.731. The van der Waals surface area contributed by atoms with Crippen LogP contribution in [0.15, 0.2) is 22.9 Å². The molecule has 1 amide bonds. The highest BCUT2D eigenvalue weighted by molar-refractivity contribution is 9.10. The van der Waals surface area contributed by atoms with Gasteiger partial charge < -0.3 is 9.64 Å². The first-order valence-corrected chi connectivity index (χ1v) is 7.73. The number of rotatable bonds is 1. The van der Waals surface area contributed by atoms with Crippen molar-refractivity contribution in [3.05, 3.63) is 28.5 Å². The third kappa shape index (κ3) is 4.20. The third-order valence-electron chi connectivity index (χ3n) is 3.27. The van der Waals surface area contributed by atoms with Crippen LogP contribution in [-0.2, 0) is 4.74 Å². The maximum absolute atomic E-state index is 12.1. The molecule has 0 spiro atoms. The van der Waals surface area contributed by atoms with E-state index in [1.54, 1.807) is 11.1 Å². The molecular weight excluding hydrogens is 320 g/mol. The summed E-state index contributed by atoms with van der Waals surface area (Å²) >= 11 is 3.44. The summed E-state index contributed by atoms with van der Waals surface area (Å²) in [5, 5.41) is 0. The Morgan fingerprint density at radius 1 is 1.45 bits per heavy atom. The number of nitrogens with zero attached hydrogens (tertiary/aromatic N) is 2. The van der Waals surface area contributed by atoms with Gasteiger partial charge in [-0.1, -0.05) is 0 Å². The van der Waals surface area contributed by atoms with E-state index in [1.165, 1.54) is 5.56 Å². The average molecular weight is 341 g/mol. The Bertz CT molecular complexity index is 485. The minimum absolute atomic E-state index is 0.217. The van der Waals surface area contributed by atoms with E-state index in [-0.39, 0.29) is 6.09 Å². The van der Waals surface area contributed by atoms with Crippen LogP contribution in [-0.4, -0.2) is 34.7 Å². The molecule has 0 N–H and O–H groups in total. The van der Waals surface area contributed by atoms with E-state index in [0.29, 0.717) is 12.5 Å². The summed E-state index contributed by atoms with van der Waals surface area (Å²) in [6, 6.07) is 2.08. The van der Waals surface area contributed by atoms with Crippen molar-refractivity contribution in [2.75, 3.05) is 13.1 Å². The summed E-state index contributed by atoms with van der Waals surface area (Å²) in [5.74, 6) is 0.335. The molecule has 0 saturated carbocycles. The van der Waals surface area contributed by atoms with Crippen LogP contribution >= 0.6 is 15.9 Å². The van der Waals surface area contributed by atoms with Crippen molar-refractivity contribution < 1.29 is 9.53 Å². The van der Waals surface area contributed by atoms with E-state index in [1.807, 2.05) is 27.0 Å². The lowest BCUT2D eigenvalue weighted by molar-refractivity contribution is 0.0198. The number of halogens is 1. The number of carbonyl (C=O) groups excluding carboxylic acids is 1. The van der Waals surface area contributed by atoms with Gasteiger partial charge in [-0.15, -0.1) is 0 Å². The average Bonchev–Trinajstić information content (AvgIpc) is 2.37. The van der Waals surface area contributed by atoms with Crippen molar-refractivity contribution in [1.82, 2.24) is 9.88 Å². The van der Waals surface area contributed by atoms with Crippen molar-refractivity contribution in [2.45, 2.75) is 45.1 Å². The number of pyridine rings is 1. The first-order valence-electron chi connectivity index (χ1n) is 6.93. The Labute approximate surface area is 128 Å². The molecule has 0 aromatic carbocycles. The van der Waals surface area contributed by atoms with Gasteiger partial charge in [0.1, 0.15) is 5.60 Å². The zero-order chi connectivity index (χ0) is 14.8. The van der Waals surface area contributed by atoms with E-state index in [4.69, 9.17) is 4.74 Å². The maximum atomic E-state index is 12.1. The zero-order valence-corrected chi connectivity index (χ0v) is 13.8. The van der Waals surface area contributed by atoms with Crippen LogP contribution in [0.1, 0.15) is 45.1 Å². The Morgan fingerprint density at radius 2 is 2.20 bits per heavy atom. The molecule has 1 aliphatic heterocycles. The Morgan fingerprint density at radius 3 is 2.85 bits per heavy atom. The van der Waals surface area contributed by atoms with E-state index < -0.39 is 5.60 Å². The van der Waals surface area contributed by atoms with Crippen molar-refractivity contribution >= 4 is 22.0 Å². The maximum Gasteiger partial charge on any atom is 0.410 e. The first-order chi connectivity index (χ1) is 9.35. The lowest BCUT2D eigenvalue weighted by Gasteiger charge is -2.34. The van der Waals surface area contributed by atoms with Gasteiger partial charge in [-0.3, -0.25) is 4.98 Å². The van der Waals surface area contributed by atoms with Crippen LogP contribution in [0.2, 0.25) is 0 Å². The van der Waals surface area contributed by atoms with Gasteiger partial charge in [0, 0.05) is 35.9 Å². The lowest BCUT2D eigenvalue weighted by atomic mass is 9.92. The SMILES string of the molecule is CC(C)(C)OC(=O)N1CCCC(c2cncc(Br)c2)C1. The second kappa shape index (κ2) is 6.12. The normalized spacial score (nSPS) is 19.8. The third-order valence-corrected chi connectivity index (χ3v) is 3.70. The van der Waals surface area contributed by atoms with Crippen molar-refractivity contribution in [1.29, 1.82) is 0 Å². The molecule has 1 aromatic heterocycles. The van der Waals surface area contributed by atoms with Crippen molar-refractivity contribution in [2.24, 2.45) is 0 Å². The summed E-state index contributed by atoms with van der Waals surface area (Å²) in [6.45, 7) is 7.15. The zero-order valence-electron chi connectivity index (χ0n) is 12.2. The molecular formula is C15H21BrN2O2. The molecule has 1 fully saturated rings. The number of amides is 1. The topological polar surface area (TPSA) is 42.4 Å². The molecule has 1 aromatic rings. The fourth-order valence-corrected chi connectivity index (χ4v) is 2.78. The van der Waals surface area contributed by atoms with Crippen molar-refractivity contribution in [3.8, 4) is 0 Å². The second-order valence-corrected chi connectivity index (χ2v) is 7.12. The molecule has 5 heteroatoms. The predicted octanol–water partition coefficient (Wildman–Crippen LogP) is 3.96. The lowest BCUT2D eigenvalue weighted by Crippen LogP contribution is -2.42. The number of likely N-dealkylation sites (tertiary alicyclic amines) is 1. The van der Waals surface area contributed by atoms with Gasteiger partial charge in [0.15, 0.2) is 0 Å². The highest BCUT2D eigenvalue weighted by Crippen LogP contribution is 2.28. The summed E-state index contributed by atoms with van der Waals surface area (Å²) in [6.07, 6.45) is 5.52. The van der Waals surface area contributed by atoms with Gasteiger partial charge in [-0.05, 0) is 61.2 Å². The smallest absolute Gasteiger partial charge is 0.410 e. The van der Waals surface area contributed by atoms with Crippen LogP contribution in [0, 0.1) is 0 Å². The molecule has 1 saturated heterocycles. The van der Waals surface area contributed by atoms with Gasteiger partial charge in [-0.2, -0.15) is 0 Å². The Hall–Kier alpha value is -1.10. The molecule has 0 radical (unpaired) electrons. The second-order valence-electron chi connectivity index (χ2n) is 6.20. The van der Waals surface area contributed by atoms with Gasteiger partial charge in [0.2, 0.25) is 0 Å². The Balaban J connectivity index is 2.03. The largest absolute Gasteiger partial charge is 0.444 e. The van der Waals surface area contributed by atoms with E-state index in [9.17, 15) is 4.79 Å². The molecule has 2 heterocycles. The monoisotopic (exact) mass is 340 g/mol. The molecule has 0 bridgehead atoms. The summed E-state index contributed by atoms with van der Waals surface area (Å²) < 4.78 is 6.42. The first kappa shape index (κ1) is 15.3. The van der Waals surface area contributed by atoms with Gasteiger partial charge in [-0.25, -0.2) is 4.79 Å². The summed E-state index contributed by atoms with van der Waals surface area (Å²) in [7, 11) is 0. The van der Waals surface area contributed by atoms with Crippen LogP contribution in [0.25, 0.3) is 0 Å². The quantitative estimate of drug-likeness (QED) is 0.777. The summed E-state index contributed by atoms with van der Waals surface area (Å²) in [4.78, 5) is 18.1. The minimum atomic E-state index is -0.443. The molecule has 1 atom stereocenters. The molecule has 1 unspecified atom stereocenters. The number of piperidine rings is 1. The van der Waals surface area contributed by atoms with E-state index >= 15 is 0 Å². The van der Waals surface area contributed by atoms with Gasteiger partial charge in [0.25, 0.3) is 0 Å². The highest BCUT2D eigenvalue weighted by Gasteiger charge is 2.28. The molecule has 2 rings (SSSR count). The van der Waals surface area contributed by atoms with E-state index in [2.05, 4.69) is 27.0 Å². The highest BCUT2D eigenvalue weighted by atomic mass is 79.9. The van der Waals surface area contributed by atoms with Gasteiger partial charge >= 0.3 is 6.09 Å². The standard InChI is InChI=1S/C15H21BrN2O2/c1-15(2,3)20-14(19)18-6-4-5-11(10-18)12-7-13(16)9-17-8-12/h7-9,11H,4-6,10H2,1-3H3. The molecule has 4 nitrogen and oxygen atoms in total. The molecule has 0 aliphatic carbocycles. The molecule has 1 aliphatic rings. The number of ether oxygens (including phenoxy) is 1.